The maximum absolute atomic E-state index is 7.90. The van der Waals surface area contributed by atoms with Crippen LogP contribution in [0.25, 0.3) is 0 Å². The molecule has 0 fully saturated rings. The standard InChI is InChI=1S/C59H138O15Si9/c1-21-69-70-50-41-33-25-23-22-24-26-34-42-51-75(11,12)71-76(13,14)55-49-59-83(72-77(15,16)52-43-35-27-30-38-46-56-80(60-2,61-3)62-4,73-78(17,18)53-44-36-28-31-39-47-57-81(63-5,64-6)65-7)74-79(19,20)54-45-37-29-32-40-48-58-82(66-8,67-9)68-10/h21-59H2,1-20H3. The molecule has 0 aromatic heterocycles. The Kier molecular flexibility index (Phi) is 48.0. The van der Waals surface area contributed by atoms with Gasteiger partial charge in [-0.3, -0.25) is 0 Å². The Morgan fingerprint density at radius 2 is 0.386 bits per heavy atom. The maximum atomic E-state index is 7.90. The van der Waals surface area contributed by atoms with Gasteiger partial charge in [-0.05, 0) is 135 Å². The summed E-state index contributed by atoms with van der Waals surface area (Å²) in [5.74, 6) is 0. The van der Waals surface area contributed by atoms with Crippen molar-refractivity contribution in [3.8, 4) is 0 Å². The summed E-state index contributed by atoms with van der Waals surface area (Å²) in [6.45, 7) is 28.0. The van der Waals surface area contributed by atoms with Crippen molar-refractivity contribution in [2.75, 3.05) is 77.2 Å². The van der Waals surface area contributed by atoms with Gasteiger partial charge in [0, 0.05) is 88.2 Å². The second-order valence-corrected chi connectivity index (χ2v) is 61.2. The van der Waals surface area contributed by atoms with Gasteiger partial charge >= 0.3 is 35.2 Å². The highest BCUT2D eigenvalue weighted by Crippen LogP contribution is 2.37. The van der Waals surface area contributed by atoms with E-state index in [2.05, 4.69) is 65.5 Å². The third-order valence-electron chi connectivity index (χ3n) is 16.7. The molecule has 24 heteroatoms. The van der Waals surface area contributed by atoms with Gasteiger partial charge in [-0.15, -0.1) is 0 Å². The van der Waals surface area contributed by atoms with E-state index in [0.717, 1.165) is 99.7 Å². The fourth-order valence-corrected chi connectivity index (χ4v) is 44.5. The predicted octanol–water partition coefficient (Wildman–Crippen LogP) is 18.5. The van der Waals surface area contributed by atoms with Crippen molar-refractivity contribution >= 4 is 76.8 Å². The van der Waals surface area contributed by atoms with Gasteiger partial charge in [-0.25, -0.2) is 9.78 Å². The molecule has 0 unspecified atom stereocenters. The van der Waals surface area contributed by atoms with Gasteiger partial charge in [0.15, 0.2) is 41.6 Å². The van der Waals surface area contributed by atoms with Crippen molar-refractivity contribution in [3.05, 3.63) is 0 Å². The fraction of sp³-hybridized carbons (Fsp3) is 1.00. The van der Waals surface area contributed by atoms with Crippen LogP contribution in [0.1, 0.15) is 187 Å². The molecule has 83 heavy (non-hydrogen) atoms. The summed E-state index contributed by atoms with van der Waals surface area (Å²) < 4.78 is 82.2. The minimum Gasteiger partial charge on any atom is -0.455 e. The lowest BCUT2D eigenvalue weighted by molar-refractivity contribution is -0.291. The van der Waals surface area contributed by atoms with Crippen molar-refractivity contribution in [2.45, 2.75) is 307 Å². The van der Waals surface area contributed by atoms with Crippen LogP contribution in [0.3, 0.4) is 0 Å². The van der Waals surface area contributed by atoms with Crippen molar-refractivity contribution in [1.29, 1.82) is 0 Å². The Labute approximate surface area is 523 Å². The first kappa shape index (κ1) is 84.4. The monoisotopic (exact) mass is 1340 g/mol. The summed E-state index contributed by atoms with van der Waals surface area (Å²) in [6, 6.07) is 9.16. The minimum absolute atomic E-state index is 0.615. The van der Waals surface area contributed by atoms with Gasteiger partial charge < -0.3 is 56.3 Å². The molecular weight excluding hydrogens is 1200 g/mol. The third kappa shape index (κ3) is 41.5. The van der Waals surface area contributed by atoms with Crippen LogP contribution in [-0.4, -0.2) is 154 Å². The average molecular weight is 1340 g/mol. The van der Waals surface area contributed by atoms with Gasteiger partial charge in [-0.1, -0.05) is 148 Å². The fourth-order valence-electron chi connectivity index (χ4n) is 11.8. The number of hydrogen-bond acceptors (Lipinski definition) is 15. The van der Waals surface area contributed by atoms with E-state index < -0.39 is 76.8 Å². The van der Waals surface area contributed by atoms with Crippen LogP contribution >= 0.6 is 0 Å². The molecule has 0 aliphatic heterocycles. The van der Waals surface area contributed by atoms with Gasteiger partial charge in [0.1, 0.15) is 0 Å². The normalized spacial score (nSPS) is 13.7. The molecule has 0 aliphatic rings. The first-order valence-corrected chi connectivity index (χ1v) is 56.6. The zero-order valence-corrected chi connectivity index (χ0v) is 67.2. The van der Waals surface area contributed by atoms with Crippen LogP contribution < -0.4 is 0 Å². The summed E-state index contributed by atoms with van der Waals surface area (Å²) in [5, 5.41) is 0. The highest BCUT2D eigenvalue weighted by Gasteiger charge is 2.52. The van der Waals surface area contributed by atoms with E-state index in [4.69, 9.17) is 66.1 Å². The molecule has 0 spiro atoms. The maximum Gasteiger partial charge on any atom is 0.500 e. The van der Waals surface area contributed by atoms with E-state index in [9.17, 15) is 0 Å². The van der Waals surface area contributed by atoms with Crippen molar-refractivity contribution in [2.24, 2.45) is 0 Å². The first-order valence-electron chi connectivity index (χ1n) is 33.3. The third-order valence-corrected chi connectivity index (χ3v) is 48.7. The largest absolute Gasteiger partial charge is 0.500 e. The van der Waals surface area contributed by atoms with E-state index in [1.807, 2.05) is 6.92 Å². The quantitative estimate of drug-likeness (QED) is 0.0247. The molecule has 0 rings (SSSR count). The number of unbranched alkanes of at least 4 members (excludes halogenated alkanes) is 23. The molecule has 15 nitrogen and oxygen atoms in total. The lowest BCUT2D eigenvalue weighted by Gasteiger charge is -2.45. The summed E-state index contributed by atoms with van der Waals surface area (Å²) >= 11 is 0. The Morgan fingerprint density at radius 1 is 0.193 bits per heavy atom. The Hall–Kier alpha value is 1.35. The SMILES string of the molecule is CCOOCCCCCCCCCCC[Si](C)(C)O[Si](C)(C)CCC[Si](O[Si](C)(C)CCCCCCCC[Si](OC)(OC)OC)(O[Si](C)(C)CCCCCCCC[Si](OC)(OC)OC)O[Si](C)(C)CCCCCCCC[Si](OC)(OC)OC. The topological polar surface area (TPSA) is 138 Å². The molecular formula is C59H138O15Si9. The Morgan fingerprint density at radius 3 is 0.627 bits per heavy atom. The van der Waals surface area contributed by atoms with Crippen LogP contribution in [0.5, 0.6) is 0 Å². The van der Waals surface area contributed by atoms with Crippen LogP contribution in [0.15, 0.2) is 0 Å². The molecule has 0 saturated carbocycles. The van der Waals surface area contributed by atoms with Crippen molar-refractivity contribution in [1.82, 2.24) is 0 Å². The van der Waals surface area contributed by atoms with Crippen LogP contribution in [-0.2, 0) is 66.1 Å². The molecule has 0 bridgehead atoms. The molecule has 0 heterocycles. The first-order chi connectivity index (χ1) is 39.3. The predicted molar refractivity (Wildman–Crippen MR) is 368 cm³/mol. The van der Waals surface area contributed by atoms with E-state index in [1.54, 1.807) is 64.0 Å². The Bertz CT molecular complexity index is 1370. The molecule has 0 saturated heterocycles. The molecule has 0 aromatic rings. The molecule has 0 aromatic carbocycles. The van der Waals surface area contributed by atoms with Crippen LogP contribution in [0.2, 0.25) is 120 Å². The molecule has 500 valence electrons. The molecule has 0 atom stereocenters. The van der Waals surface area contributed by atoms with Crippen LogP contribution in [0, 0.1) is 0 Å². The Balaban J connectivity index is 6.35. The van der Waals surface area contributed by atoms with Gasteiger partial charge in [0.2, 0.25) is 0 Å². The summed E-state index contributed by atoms with van der Waals surface area (Å²) in [5.41, 5.74) is 0. The lowest BCUT2D eigenvalue weighted by Crippen LogP contribution is -2.62. The minimum atomic E-state index is -3.20. The molecule has 0 N–H and O–H groups in total. The number of hydrogen-bond donors (Lipinski definition) is 0. The lowest BCUT2D eigenvalue weighted by atomic mass is 10.1. The van der Waals surface area contributed by atoms with E-state index in [0.29, 0.717) is 13.2 Å². The summed E-state index contributed by atoms with van der Waals surface area (Å²) in [6.07, 6.45) is 33.7. The highest BCUT2D eigenvalue weighted by molar-refractivity contribution is 6.91. The smallest absolute Gasteiger partial charge is 0.455 e. The summed E-state index contributed by atoms with van der Waals surface area (Å²) in [4.78, 5) is 10.2. The van der Waals surface area contributed by atoms with E-state index in [1.165, 1.54) is 134 Å². The van der Waals surface area contributed by atoms with Gasteiger partial charge in [0.25, 0.3) is 0 Å². The molecule has 0 amide bonds. The highest BCUT2D eigenvalue weighted by atomic mass is 28.5. The zero-order valence-electron chi connectivity index (χ0n) is 58.2. The van der Waals surface area contributed by atoms with E-state index in [-0.39, 0.29) is 0 Å². The van der Waals surface area contributed by atoms with Gasteiger partial charge in [0.05, 0.1) is 13.2 Å². The van der Waals surface area contributed by atoms with Crippen molar-refractivity contribution in [3.63, 3.8) is 0 Å². The summed E-state index contributed by atoms with van der Waals surface area (Å²) in [7, 11) is -5.97. The van der Waals surface area contributed by atoms with E-state index >= 15 is 0 Å². The van der Waals surface area contributed by atoms with Crippen LogP contribution in [0.4, 0.5) is 0 Å². The second-order valence-electron chi connectivity index (χ2n) is 26.7. The van der Waals surface area contributed by atoms with Crippen molar-refractivity contribution < 1.29 is 66.1 Å². The molecule has 0 aliphatic carbocycles. The second kappa shape index (κ2) is 47.3. The molecule has 0 radical (unpaired) electrons. The zero-order chi connectivity index (χ0) is 62.7. The average Bonchev–Trinajstić information content (AvgIpc) is 3.47. The van der Waals surface area contributed by atoms with Gasteiger partial charge in [-0.2, -0.15) is 0 Å². The number of rotatable bonds is 62.